The molecule has 104 valence electrons. The lowest BCUT2D eigenvalue weighted by molar-refractivity contribution is -0.133. The van der Waals surface area contributed by atoms with Crippen LogP contribution in [0.3, 0.4) is 0 Å². The highest BCUT2D eigenvalue weighted by Crippen LogP contribution is 2.16. The molecule has 1 atom stereocenters. The number of nitrogens with one attached hydrogen (secondary N) is 1. The van der Waals surface area contributed by atoms with E-state index in [4.69, 9.17) is 5.11 Å². The molecular formula is C12H13F2NO3S. The molecule has 1 amide bonds. The van der Waals surface area contributed by atoms with E-state index in [0.29, 0.717) is 5.56 Å². The molecule has 1 aromatic rings. The lowest BCUT2D eigenvalue weighted by Gasteiger charge is -2.14. The van der Waals surface area contributed by atoms with Crippen LogP contribution in [-0.4, -0.2) is 28.5 Å². The number of aliphatic carboxylic acids is 1. The number of halogens is 2. The van der Waals surface area contributed by atoms with Gasteiger partial charge in [0.2, 0.25) is 5.91 Å². The predicted molar refractivity (Wildman–Crippen MR) is 67.9 cm³/mol. The van der Waals surface area contributed by atoms with Gasteiger partial charge in [0.25, 0.3) is 0 Å². The van der Waals surface area contributed by atoms with Gasteiger partial charge in [-0.15, -0.1) is 11.8 Å². The number of amides is 1. The highest BCUT2D eigenvalue weighted by molar-refractivity contribution is 8.00. The largest absolute Gasteiger partial charge is 0.481 e. The Balaban J connectivity index is 2.49. The minimum Gasteiger partial charge on any atom is -0.481 e. The third-order valence-corrected chi connectivity index (χ3v) is 3.20. The second kappa shape index (κ2) is 7.08. The minimum absolute atomic E-state index is 0.000314. The summed E-state index contributed by atoms with van der Waals surface area (Å²) in [6.45, 7) is 1.63. The van der Waals surface area contributed by atoms with Gasteiger partial charge in [-0.1, -0.05) is 6.07 Å². The molecule has 0 bridgehead atoms. The second-order valence-corrected chi connectivity index (χ2v) is 4.83. The Morgan fingerprint density at radius 3 is 2.58 bits per heavy atom. The van der Waals surface area contributed by atoms with Crippen LogP contribution >= 0.6 is 11.8 Å². The fourth-order valence-corrected chi connectivity index (χ4v) is 1.92. The van der Waals surface area contributed by atoms with Crippen molar-refractivity contribution >= 4 is 23.6 Å². The molecule has 1 unspecified atom stereocenters. The molecule has 0 spiro atoms. The van der Waals surface area contributed by atoms with Crippen LogP contribution in [0.25, 0.3) is 0 Å². The van der Waals surface area contributed by atoms with Gasteiger partial charge < -0.3 is 10.4 Å². The van der Waals surface area contributed by atoms with Gasteiger partial charge in [0.1, 0.15) is 0 Å². The molecule has 4 nitrogen and oxygen atoms in total. The molecule has 7 heteroatoms. The van der Waals surface area contributed by atoms with Crippen molar-refractivity contribution < 1.29 is 23.5 Å². The summed E-state index contributed by atoms with van der Waals surface area (Å²) >= 11 is 0.967. The van der Waals surface area contributed by atoms with E-state index < -0.39 is 23.6 Å². The zero-order valence-electron chi connectivity index (χ0n) is 10.2. The SMILES string of the molecule is CC(NC(=O)CSCC(=O)O)c1ccc(F)c(F)c1. The molecule has 0 aliphatic carbocycles. The van der Waals surface area contributed by atoms with Crippen molar-refractivity contribution in [1.29, 1.82) is 0 Å². The smallest absolute Gasteiger partial charge is 0.313 e. The average molecular weight is 289 g/mol. The molecule has 0 saturated carbocycles. The summed E-state index contributed by atoms with van der Waals surface area (Å²) in [5.74, 6) is -3.43. The van der Waals surface area contributed by atoms with E-state index in [-0.39, 0.29) is 17.4 Å². The van der Waals surface area contributed by atoms with Crippen LogP contribution in [0.4, 0.5) is 8.78 Å². The van der Waals surface area contributed by atoms with Gasteiger partial charge in [-0.25, -0.2) is 8.78 Å². The number of thioether (sulfide) groups is 1. The number of carboxylic acids is 1. The number of benzene rings is 1. The van der Waals surface area contributed by atoms with Crippen molar-refractivity contribution in [3.05, 3.63) is 35.4 Å². The van der Waals surface area contributed by atoms with Crippen molar-refractivity contribution in [2.45, 2.75) is 13.0 Å². The molecule has 0 fully saturated rings. The van der Waals surface area contributed by atoms with E-state index in [0.717, 1.165) is 23.9 Å². The van der Waals surface area contributed by atoms with Crippen molar-refractivity contribution in [3.8, 4) is 0 Å². The monoisotopic (exact) mass is 289 g/mol. The summed E-state index contributed by atoms with van der Waals surface area (Å²) < 4.78 is 25.8. The standard InChI is InChI=1S/C12H13F2NO3S/c1-7(8-2-3-9(13)10(14)4-8)15-11(16)5-19-6-12(17)18/h2-4,7H,5-6H2,1H3,(H,15,16)(H,17,18). The van der Waals surface area contributed by atoms with Gasteiger partial charge in [-0.3, -0.25) is 9.59 Å². The molecule has 1 rings (SSSR count). The van der Waals surface area contributed by atoms with E-state index in [1.54, 1.807) is 6.92 Å². The molecule has 2 N–H and O–H groups in total. The maximum absolute atomic E-state index is 13.0. The summed E-state index contributed by atoms with van der Waals surface area (Å²) in [4.78, 5) is 21.7. The summed E-state index contributed by atoms with van der Waals surface area (Å²) in [6.07, 6.45) is 0. The van der Waals surface area contributed by atoms with Gasteiger partial charge in [-0.2, -0.15) is 0 Å². The van der Waals surface area contributed by atoms with Crippen molar-refractivity contribution in [2.24, 2.45) is 0 Å². The van der Waals surface area contributed by atoms with Crippen LogP contribution < -0.4 is 5.32 Å². The normalized spacial score (nSPS) is 11.9. The molecule has 0 radical (unpaired) electrons. The van der Waals surface area contributed by atoms with E-state index in [2.05, 4.69) is 5.32 Å². The lowest BCUT2D eigenvalue weighted by Crippen LogP contribution is -2.28. The summed E-state index contributed by atoms with van der Waals surface area (Å²) in [5.41, 5.74) is 0.440. The molecule has 0 aliphatic rings. The number of carboxylic acid groups (broad SMARTS) is 1. The Morgan fingerprint density at radius 2 is 2.00 bits per heavy atom. The molecule has 0 heterocycles. The van der Waals surface area contributed by atoms with Gasteiger partial charge in [-0.05, 0) is 24.6 Å². The van der Waals surface area contributed by atoms with Crippen molar-refractivity contribution in [1.82, 2.24) is 5.32 Å². The Hall–Kier alpha value is -1.63. The summed E-state index contributed by atoms with van der Waals surface area (Å²) in [5, 5.41) is 11.0. The van der Waals surface area contributed by atoms with Crippen molar-refractivity contribution in [3.63, 3.8) is 0 Å². The lowest BCUT2D eigenvalue weighted by atomic mass is 10.1. The highest BCUT2D eigenvalue weighted by Gasteiger charge is 2.12. The number of hydrogen-bond acceptors (Lipinski definition) is 3. The molecule has 0 saturated heterocycles. The quantitative estimate of drug-likeness (QED) is 0.840. The number of hydrogen-bond donors (Lipinski definition) is 2. The Labute approximate surface area is 113 Å². The Morgan fingerprint density at radius 1 is 1.32 bits per heavy atom. The number of carbonyl (C=O) groups is 2. The Kier molecular flexibility index (Phi) is 5.75. The van der Waals surface area contributed by atoms with Gasteiger partial charge in [0.05, 0.1) is 17.5 Å². The fraction of sp³-hybridized carbons (Fsp3) is 0.333. The zero-order chi connectivity index (χ0) is 14.4. The van der Waals surface area contributed by atoms with Gasteiger partial charge in [0, 0.05) is 0 Å². The first-order valence-corrected chi connectivity index (χ1v) is 6.59. The zero-order valence-corrected chi connectivity index (χ0v) is 11.0. The van der Waals surface area contributed by atoms with Crippen LogP contribution in [0.1, 0.15) is 18.5 Å². The topological polar surface area (TPSA) is 66.4 Å². The van der Waals surface area contributed by atoms with Gasteiger partial charge >= 0.3 is 5.97 Å². The van der Waals surface area contributed by atoms with Crippen LogP contribution in [0.2, 0.25) is 0 Å². The first-order valence-electron chi connectivity index (χ1n) is 5.44. The average Bonchev–Trinajstić information content (AvgIpc) is 2.32. The first kappa shape index (κ1) is 15.4. The van der Waals surface area contributed by atoms with E-state index in [1.807, 2.05) is 0 Å². The number of rotatable bonds is 6. The number of carbonyl (C=O) groups excluding carboxylic acids is 1. The van der Waals surface area contributed by atoms with Crippen LogP contribution in [0.5, 0.6) is 0 Å². The predicted octanol–water partition coefficient (Wildman–Crippen LogP) is 1.96. The molecular weight excluding hydrogens is 276 g/mol. The van der Waals surface area contributed by atoms with E-state index >= 15 is 0 Å². The van der Waals surface area contributed by atoms with Crippen LogP contribution in [0, 0.1) is 11.6 Å². The highest BCUT2D eigenvalue weighted by atomic mass is 32.2. The molecule has 0 aromatic heterocycles. The minimum atomic E-state index is -0.994. The molecule has 0 aliphatic heterocycles. The first-order chi connectivity index (χ1) is 8.90. The van der Waals surface area contributed by atoms with Gasteiger partial charge in [0.15, 0.2) is 11.6 Å². The fourth-order valence-electron chi connectivity index (χ4n) is 1.38. The third kappa shape index (κ3) is 5.25. The molecule has 19 heavy (non-hydrogen) atoms. The van der Waals surface area contributed by atoms with E-state index in [9.17, 15) is 18.4 Å². The maximum atomic E-state index is 13.0. The second-order valence-electron chi connectivity index (χ2n) is 3.85. The summed E-state index contributed by atoms with van der Waals surface area (Å²) in [7, 11) is 0. The van der Waals surface area contributed by atoms with Crippen molar-refractivity contribution in [2.75, 3.05) is 11.5 Å². The molecule has 1 aromatic carbocycles. The maximum Gasteiger partial charge on any atom is 0.313 e. The third-order valence-electron chi connectivity index (χ3n) is 2.28. The van der Waals surface area contributed by atoms with E-state index in [1.165, 1.54) is 6.07 Å². The van der Waals surface area contributed by atoms with Crippen LogP contribution in [0.15, 0.2) is 18.2 Å². The van der Waals surface area contributed by atoms with Crippen LogP contribution in [-0.2, 0) is 9.59 Å². The Bertz CT molecular complexity index is 482. The summed E-state index contributed by atoms with van der Waals surface area (Å²) in [6, 6.07) is 2.92.